The van der Waals surface area contributed by atoms with Gasteiger partial charge in [-0.1, -0.05) is 67.9 Å². The molecule has 100 valence electrons. The van der Waals surface area contributed by atoms with E-state index in [0.29, 0.717) is 0 Å². The van der Waals surface area contributed by atoms with E-state index < -0.39 is 0 Å². The molecule has 0 aromatic heterocycles. The smallest absolute Gasteiger partial charge is 0.162 e. The predicted octanol–water partition coefficient (Wildman–Crippen LogP) is 4.10. The predicted molar refractivity (Wildman–Crippen MR) is 83.3 cm³/mol. The fraction of sp³-hybridized carbons (Fsp3) is 0.438. The molecule has 1 saturated carbocycles. The Morgan fingerprint density at radius 1 is 1.16 bits per heavy atom. The summed E-state index contributed by atoms with van der Waals surface area (Å²) in [4.78, 5) is 5.96. The maximum atomic E-state index is 4.70. The van der Waals surface area contributed by atoms with Crippen molar-refractivity contribution >= 4 is 16.9 Å². The van der Waals surface area contributed by atoms with E-state index in [0.717, 1.165) is 11.7 Å². The van der Waals surface area contributed by atoms with Gasteiger partial charge in [-0.2, -0.15) is 0 Å². The third kappa shape index (κ3) is 2.71. The highest BCUT2D eigenvalue weighted by atomic mass is 32.2. The second-order valence-corrected chi connectivity index (χ2v) is 6.48. The minimum absolute atomic E-state index is 0.137. The summed E-state index contributed by atoms with van der Waals surface area (Å²) in [6.45, 7) is 5.01. The number of benzene rings is 1. The normalized spacial score (nSPS) is 23.8. The van der Waals surface area contributed by atoms with Gasteiger partial charge in [-0.25, -0.2) is 0 Å². The average molecular weight is 272 g/mol. The lowest BCUT2D eigenvalue weighted by molar-refractivity contribution is 0.329. The molecule has 2 aliphatic rings. The number of amidine groups is 1. The van der Waals surface area contributed by atoms with Crippen molar-refractivity contribution in [2.75, 3.05) is 0 Å². The summed E-state index contributed by atoms with van der Waals surface area (Å²) in [6, 6.07) is 10.4. The molecule has 1 aliphatic carbocycles. The molecule has 1 aliphatic heterocycles. The van der Waals surface area contributed by atoms with Crippen molar-refractivity contribution in [2.45, 2.75) is 44.2 Å². The Balaban J connectivity index is 1.69. The van der Waals surface area contributed by atoms with Gasteiger partial charge in [0.1, 0.15) is 0 Å². The Morgan fingerprint density at radius 3 is 2.63 bits per heavy atom. The highest BCUT2D eigenvalue weighted by molar-refractivity contribution is 8.17. The second-order valence-electron chi connectivity index (χ2n) is 5.40. The zero-order chi connectivity index (χ0) is 13.1. The van der Waals surface area contributed by atoms with Gasteiger partial charge in [0, 0.05) is 4.91 Å². The van der Waals surface area contributed by atoms with Crippen LogP contribution in [0.5, 0.6) is 0 Å². The zero-order valence-electron chi connectivity index (χ0n) is 11.2. The Bertz CT molecular complexity index is 487. The molecule has 19 heavy (non-hydrogen) atoms. The van der Waals surface area contributed by atoms with Crippen LogP contribution in [0, 0.1) is 0 Å². The minimum atomic E-state index is 0.137. The standard InChI is InChI=1S/C16H20N2S/c1-13-16(10-6-3-7-11-16)18-15(19-13)17-12-14-8-4-2-5-9-14/h2,4-5,8-9H,1,3,6-7,10-12H2,(H,17,18). The van der Waals surface area contributed by atoms with Crippen LogP contribution in [0.4, 0.5) is 0 Å². The van der Waals surface area contributed by atoms with Gasteiger partial charge in [0.15, 0.2) is 5.17 Å². The largest absolute Gasteiger partial charge is 0.355 e. The molecule has 3 rings (SSSR count). The van der Waals surface area contributed by atoms with Crippen molar-refractivity contribution in [3.8, 4) is 0 Å². The third-order valence-corrected chi connectivity index (χ3v) is 5.12. The molecule has 1 saturated heterocycles. The molecular weight excluding hydrogens is 252 g/mol. The number of nitrogens with zero attached hydrogens (tertiary/aromatic N) is 1. The van der Waals surface area contributed by atoms with Crippen molar-refractivity contribution < 1.29 is 0 Å². The van der Waals surface area contributed by atoms with Crippen molar-refractivity contribution in [3.63, 3.8) is 0 Å². The van der Waals surface area contributed by atoms with E-state index in [9.17, 15) is 0 Å². The van der Waals surface area contributed by atoms with Crippen LogP contribution < -0.4 is 5.32 Å². The van der Waals surface area contributed by atoms with E-state index in [2.05, 4.69) is 36.2 Å². The van der Waals surface area contributed by atoms with E-state index in [1.807, 2.05) is 6.07 Å². The lowest BCUT2D eigenvalue weighted by atomic mass is 9.82. The van der Waals surface area contributed by atoms with E-state index in [1.165, 1.54) is 42.6 Å². The van der Waals surface area contributed by atoms with Gasteiger partial charge in [-0.15, -0.1) is 0 Å². The highest BCUT2D eigenvalue weighted by Crippen LogP contribution is 2.43. The molecular formula is C16H20N2S. The van der Waals surface area contributed by atoms with E-state index >= 15 is 0 Å². The molecule has 3 heteroatoms. The van der Waals surface area contributed by atoms with Crippen LogP contribution in [0.25, 0.3) is 0 Å². The van der Waals surface area contributed by atoms with E-state index in [4.69, 9.17) is 4.99 Å². The summed E-state index contributed by atoms with van der Waals surface area (Å²) in [5, 5.41) is 4.69. The van der Waals surface area contributed by atoms with Gasteiger partial charge < -0.3 is 5.32 Å². The van der Waals surface area contributed by atoms with Crippen molar-refractivity contribution in [1.82, 2.24) is 5.32 Å². The molecule has 2 nitrogen and oxygen atoms in total. The average Bonchev–Trinajstić information content (AvgIpc) is 2.75. The van der Waals surface area contributed by atoms with Gasteiger partial charge >= 0.3 is 0 Å². The molecule has 0 unspecified atom stereocenters. The molecule has 1 aromatic rings. The van der Waals surface area contributed by atoms with Crippen LogP contribution in [0.15, 0.2) is 46.8 Å². The molecule has 0 amide bonds. The van der Waals surface area contributed by atoms with Crippen LogP contribution in [-0.2, 0) is 6.54 Å². The minimum Gasteiger partial charge on any atom is -0.355 e. The maximum absolute atomic E-state index is 4.70. The molecule has 1 spiro atoms. The Labute approximate surface area is 119 Å². The maximum Gasteiger partial charge on any atom is 0.162 e. The molecule has 0 atom stereocenters. The first-order valence-corrected chi connectivity index (χ1v) is 7.84. The number of hydrogen-bond acceptors (Lipinski definition) is 2. The fourth-order valence-corrected chi connectivity index (χ4v) is 3.95. The van der Waals surface area contributed by atoms with E-state index in [-0.39, 0.29) is 5.54 Å². The van der Waals surface area contributed by atoms with E-state index in [1.54, 1.807) is 11.8 Å². The summed E-state index contributed by atoms with van der Waals surface area (Å²) < 4.78 is 0. The SMILES string of the molecule is C=C1SC(=NCc2ccccc2)NC12CCCCC2. The van der Waals surface area contributed by atoms with Gasteiger partial charge in [-0.3, -0.25) is 4.99 Å². The van der Waals surface area contributed by atoms with Gasteiger partial charge in [0.05, 0.1) is 12.1 Å². The monoisotopic (exact) mass is 272 g/mol. The summed E-state index contributed by atoms with van der Waals surface area (Å²) in [6.07, 6.45) is 6.39. The van der Waals surface area contributed by atoms with Crippen molar-refractivity contribution in [2.24, 2.45) is 4.99 Å². The molecule has 1 N–H and O–H groups in total. The third-order valence-electron chi connectivity index (χ3n) is 4.06. The molecule has 0 bridgehead atoms. The Hall–Kier alpha value is -1.22. The van der Waals surface area contributed by atoms with Crippen LogP contribution >= 0.6 is 11.8 Å². The second kappa shape index (κ2) is 5.41. The number of aliphatic imine (C=N–C) groups is 1. The molecule has 2 fully saturated rings. The summed E-state index contributed by atoms with van der Waals surface area (Å²) in [5.74, 6) is 0. The molecule has 1 heterocycles. The Kier molecular flexibility index (Phi) is 3.65. The van der Waals surface area contributed by atoms with Crippen molar-refractivity contribution in [1.29, 1.82) is 0 Å². The first-order valence-electron chi connectivity index (χ1n) is 7.02. The quantitative estimate of drug-likeness (QED) is 0.876. The summed E-state index contributed by atoms with van der Waals surface area (Å²) >= 11 is 1.73. The summed E-state index contributed by atoms with van der Waals surface area (Å²) in [7, 11) is 0. The number of rotatable bonds is 2. The number of thioether (sulfide) groups is 1. The Morgan fingerprint density at radius 2 is 1.89 bits per heavy atom. The molecule has 0 radical (unpaired) electrons. The van der Waals surface area contributed by atoms with Crippen LogP contribution in [-0.4, -0.2) is 10.7 Å². The lowest BCUT2D eigenvalue weighted by Crippen LogP contribution is -2.44. The van der Waals surface area contributed by atoms with Gasteiger partial charge in [-0.05, 0) is 18.4 Å². The fourth-order valence-electron chi connectivity index (χ4n) is 2.89. The lowest BCUT2D eigenvalue weighted by Gasteiger charge is -2.33. The summed E-state index contributed by atoms with van der Waals surface area (Å²) in [5.41, 5.74) is 1.39. The number of nitrogens with one attached hydrogen (secondary N) is 1. The first-order chi connectivity index (χ1) is 9.28. The molecule has 1 aromatic carbocycles. The zero-order valence-corrected chi connectivity index (χ0v) is 12.0. The first kappa shape index (κ1) is 12.8. The van der Waals surface area contributed by atoms with Crippen LogP contribution in [0.3, 0.4) is 0 Å². The van der Waals surface area contributed by atoms with Crippen molar-refractivity contribution in [3.05, 3.63) is 47.4 Å². The van der Waals surface area contributed by atoms with Crippen LogP contribution in [0.2, 0.25) is 0 Å². The van der Waals surface area contributed by atoms with Crippen LogP contribution in [0.1, 0.15) is 37.7 Å². The number of hydrogen-bond donors (Lipinski definition) is 1. The van der Waals surface area contributed by atoms with Gasteiger partial charge in [0.25, 0.3) is 0 Å². The highest BCUT2D eigenvalue weighted by Gasteiger charge is 2.41. The van der Waals surface area contributed by atoms with Gasteiger partial charge in [0.2, 0.25) is 0 Å². The topological polar surface area (TPSA) is 24.4 Å².